The standard InChI is InChI=1S/C11H21N3/c12-11(14-8-4-5-9-14)10-13-6-2-1-3-7-13/h12H,1-10H2. The number of nitrogens with one attached hydrogen (secondary N) is 1. The van der Waals surface area contributed by atoms with Crippen molar-refractivity contribution in [3.05, 3.63) is 0 Å². The Labute approximate surface area is 86.6 Å². The van der Waals surface area contributed by atoms with Crippen LogP contribution in [0.1, 0.15) is 32.1 Å². The highest BCUT2D eigenvalue weighted by molar-refractivity contribution is 5.81. The Morgan fingerprint density at radius 3 is 2.07 bits per heavy atom. The van der Waals surface area contributed by atoms with Gasteiger partial charge in [-0.05, 0) is 38.8 Å². The molecule has 0 aromatic heterocycles. The lowest BCUT2D eigenvalue weighted by atomic mass is 10.1. The lowest BCUT2D eigenvalue weighted by molar-refractivity contribution is 0.250. The van der Waals surface area contributed by atoms with Crippen LogP contribution < -0.4 is 0 Å². The second-order valence-electron chi connectivity index (χ2n) is 4.48. The first-order valence-electron chi connectivity index (χ1n) is 5.91. The molecule has 0 amide bonds. The van der Waals surface area contributed by atoms with E-state index in [1.807, 2.05) is 0 Å². The third kappa shape index (κ3) is 2.47. The quantitative estimate of drug-likeness (QED) is 0.535. The fourth-order valence-electron chi connectivity index (χ4n) is 2.42. The number of likely N-dealkylation sites (tertiary alicyclic amines) is 2. The maximum Gasteiger partial charge on any atom is 0.110 e. The van der Waals surface area contributed by atoms with Crippen LogP contribution in [0, 0.1) is 5.41 Å². The molecule has 2 fully saturated rings. The molecule has 0 aliphatic carbocycles. The van der Waals surface area contributed by atoms with E-state index in [4.69, 9.17) is 5.41 Å². The van der Waals surface area contributed by atoms with E-state index in [1.54, 1.807) is 0 Å². The number of nitrogens with zero attached hydrogens (tertiary/aromatic N) is 2. The number of hydrogen-bond acceptors (Lipinski definition) is 2. The maximum atomic E-state index is 8.01. The van der Waals surface area contributed by atoms with Crippen LogP contribution in [-0.2, 0) is 0 Å². The average Bonchev–Trinajstić information content (AvgIpc) is 2.72. The Bertz CT molecular complexity index is 191. The van der Waals surface area contributed by atoms with Gasteiger partial charge in [0.2, 0.25) is 0 Å². The summed E-state index contributed by atoms with van der Waals surface area (Å²) in [7, 11) is 0. The van der Waals surface area contributed by atoms with E-state index >= 15 is 0 Å². The molecule has 2 aliphatic rings. The number of piperidine rings is 1. The second kappa shape index (κ2) is 4.78. The van der Waals surface area contributed by atoms with Crippen LogP contribution in [0.15, 0.2) is 0 Å². The van der Waals surface area contributed by atoms with Crippen molar-refractivity contribution in [1.82, 2.24) is 9.80 Å². The van der Waals surface area contributed by atoms with E-state index in [-0.39, 0.29) is 0 Å². The highest BCUT2D eigenvalue weighted by atomic mass is 15.2. The van der Waals surface area contributed by atoms with E-state index < -0.39 is 0 Å². The molecule has 0 unspecified atom stereocenters. The van der Waals surface area contributed by atoms with Crippen LogP contribution in [0.5, 0.6) is 0 Å². The zero-order chi connectivity index (χ0) is 9.80. The Morgan fingerprint density at radius 1 is 0.857 bits per heavy atom. The lowest BCUT2D eigenvalue weighted by Gasteiger charge is -2.29. The van der Waals surface area contributed by atoms with E-state index in [0.717, 1.165) is 25.5 Å². The number of amidine groups is 1. The molecule has 0 aromatic rings. The molecule has 2 heterocycles. The Hall–Kier alpha value is -0.570. The summed E-state index contributed by atoms with van der Waals surface area (Å²) >= 11 is 0. The fraction of sp³-hybridized carbons (Fsp3) is 0.909. The predicted octanol–water partition coefficient (Wildman–Crippen LogP) is 1.55. The summed E-state index contributed by atoms with van der Waals surface area (Å²) in [5.74, 6) is 0.851. The summed E-state index contributed by atoms with van der Waals surface area (Å²) in [5.41, 5.74) is 0. The predicted molar refractivity (Wildman–Crippen MR) is 58.8 cm³/mol. The van der Waals surface area contributed by atoms with E-state index in [0.29, 0.717) is 0 Å². The van der Waals surface area contributed by atoms with Crippen molar-refractivity contribution in [2.24, 2.45) is 0 Å². The zero-order valence-electron chi connectivity index (χ0n) is 8.97. The normalized spacial score (nSPS) is 24.1. The third-order valence-corrected chi connectivity index (χ3v) is 3.31. The van der Waals surface area contributed by atoms with Gasteiger partial charge in [-0.15, -0.1) is 0 Å². The van der Waals surface area contributed by atoms with Crippen LogP contribution >= 0.6 is 0 Å². The average molecular weight is 195 g/mol. The molecule has 2 rings (SSSR count). The van der Waals surface area contributed by atoms with Crippen LogP contribution in [0.4, 0.5) is 0 Å². The number of hydrogen-bond donors (Lipinski definition) is 1. The second-order valence-corrected chi connectivity index (χ2v) is 4.48. The Balaban J connectivity index is 1.75. The van der Waals surface area contributed by atoms with E-state index in [9.17, 15) is 0 Å². The summed E-state index contributed by atoms with van der Waals surface area (Å²) < 4.78 is 0. The molecule has 0 atom stereocenters. The van der Waals surface area contributed by atoms with Gasteiger partial charge in [0.1, 0.15) is 5.84 Å². The Kier molecular flexibility index (Phi) is 3.40. The Morgan fingerprint density at radius 2 is 1.43 bits per heavy atom. The van der Waals surface area contributed by atoms with Crippen molar-refractivity contribution in [3.63, 3.8) is 0 Å². The first-order chi connectivity index (χ1) is 6.86. The van der Waals surface area contributed by atoms with Gasteiger partial charge in [0, 0.05) is 13.1 Å². The van der Waals surface area contributed by atoms with E-state index in [2.05, 4.69) is 9.80 Å². The molecular formula is C11H21N3. The summed E-state index contributed by atoms with van der Waals surface area (Å²) in [6, 6.07) is 0. The summed E-state index contributed by atoms with van der Waals surface area (Å²) in [4.78, 5) is 4.68. The minimum Gasteiger partial charge on any atom is -0.359 e. The molecular weight excluding hydrogens is 174 g/mol. The molecule has 14 heavy (non-hydrogen) atoms. The zero-order valence-corrected chi connectivity index (χ0v) is 8.97. The first kappa shape index (κ1) is 9.97. The van der Waals surface area contributed by atoms with Gasteiger partial charge in [-0.2, -0.15) is 0 Å². The van der Waals surface area contributed by atoms with Crippen LogP contribution in [-0.4, -0.2) is 48.4 Å². The van der Waals surface area contributed by atoms with Gasteiger partial charge in [-0.25, -0.2) is 0 Å². The first-order valence-corrected chi connectivity index (χ1v) is 5.91. The van der Waals surface area contributed by atoms with Crippen molar-refractivity contribution in [2.75, 3.05) is 32.7 Å². The molecule has 0 aromatic carbocycles. The molecule has 80 valence electrons. The van der Waals surface area contributed by atoms with Gasteiger partial charge in [0.15, 0.2) is 0 Å². The molecule has 0 spiro atoms. The van der Waals surface area contributed by atoms with Gasteiger partial charge in [-0.3, -0.25) is 10.3 Å². The topological polar surface area (TPSA) is 30.3 Å². The molecule has 3 heteroatoms. The summed E-state index contributed by atoms with van der Waals surface area (Å²) in [5, 5.41) is 8.01. The van der Waals surface area contributed by atoms with Crippen LogP contribution in [0.25, 0.3) is 0 Å². The van der Waals surface area contributed by atoms with Gasteiger partial charge < -0.3 is 4.90 Å². The number of rotatable bonds is 2. The van der Waals surface area contributed by atoms with Gasteiger partial charge in [0.25, 0.3) is 0 Å². The summed E-state index contributed by atoms with van der Waals surface area (Å²) in [6.07, 6.45) is 6.60. The SMILES string of the molecule is N=C(CN1CCCCC1)N1CCCC1. The minimum atomic E-state index is 0.851. The van der Waals surface area contributed by atoms with Crippen molar-refractivity contribution in [3.8, 4) is 0 Å². The van der Waals surface area contributed by atoms with Crippen molar-refractivity contribution in [2.45, 2.75) is 32.1 Å². The van der Waals surface area contributed by atoms with Crippen molar-refractivity contribution in [1.29, 1.82) is 5.41 Å². The van der Waals surface area contributed by atoms with Gasteiger partial charge in [0.05, 0.1) is 6.54 Å². The molecule has 0 saturated carbocycles. The van der Waals surface area contributed by atoms with Crippen LogP contribution in [0.2, 0.25) is 0 Å². The van der Waals surface area contributed by atoms with E-state index in [1.165, 1.54) is 45.2 Å². The summed E-state index contributed by atoms with van der Waals surface area (Å²) in [6.45, 7) is 5.53. The van der Waals surface area contributed by atoms with Crippen LogP contribution in [0.3, 0.4) is 0 Å². The molecule has 0 radical (unpaired) electrons. The highest BCUT2D eigenvalue weighted by Gasteiger charge is 2.18. The minimum absolute atomic E-state index is 0.851. The highest BCUT2D eigenvalue weighted by Crippen LogP contribution is 2.11. The molecule has 2 aliphatic heterocycles. The monoisotopic (exact) mass is 195 g/mol. The lowest BCUT2D eigenvalue weighted by Crippen LogP contribution is -2.40. The largest absolute Gasteiger partial charge is 0.359 e. The molecule has 0 bridgehead atoms. The van der Waals surface area contributed by atoms with Gasteiger partial charge >= 0.3 is 0 Å². The smallest absolute Gasteiger partial charge is 0.110 e. The fourth-order valence-corrected chi connectivity index (χ4v) is 2.42. The molecule has 1 N–H and O–H groups in total. The van der Waals surface area contributed by atoms with Gasteiger partial charge in [-0.1, -0.05) is 6.42 Å². The molecule has 3 nitrogen and oxygen atoms in total. The third-order valence-electron chi connectivity index (χ3n) is 3.31. The van der Waals surface area contributed by atoms with Crippen molar-refractivity contribution < 1.29 is 0 Å². The van der Waals surface area contributed by atoms with Crippen molar-refractivity contribution >= 4 is 5.84 Å². The molecule has 2 saturated heterocycles. The maximum absolute atomic E-state index is 8.01.